The summed E-state index contributed by atoms with van der Waals surface area (Å²) < 4.78 is 0. The monoisotopic (exact) mass is 144 g/mol. The van der Waals surface area contributed by atoms with E-state index in [1.807, 2.05) is 18.4 Å². The third-order valence-corrected chi connectivity index (χ3v) is 2.57. The second-order valence-corrected chi connectivity index (χ2v) is 3.13. The lowest BCUT2D eigenvalue weighted by atomic mass is 10.1. The highest BCUT2D eigenvalue weighted by Gasteiger charge is 2.25. The number of carboxylic acids is 1. The summed E-state index contributed by atoms with van der Waals surface area (Å²) in [5.74, 6) is -0.523. The van der Waals surface area contributed by atoms with Gasteiger partial charge in [0.05, 0.1) is 0 Å². The SMILES string of the molecule is CC1C=CSC1C(=O)O. The number of thioether (sulfide) groups is 1. The van der Waals surface area contributed by atoms with E-state index in [0.717, 1.165) is 0 Å². The predicted molar refractivity (Wildman–Crippen MR) is 37.3 cm³/mol. The van der Waals surface area contributed by atoms with Crippen LogP contribution < -0.4 is 0 Å². The number of allylic oxidation sites excluding steroid dienone is 1. The number of hydrogen-bond acceptors (Lipinski definition) is 2. The van der Waals surface area contributed by atoms with E-state index in [-0.39, 0.29) is 11.2 Å². The zero-order chi connectivity index (χ0) is 6.85. The van der Waals surface area contributed by atoms with Gasteiger partial charge in [0.1, 0.15) is 5.25 Å². The Hall–Kier alpha value is -0.440. The molecule has 0 saturated carbocycles. The summed E-state index contributed by atoms with van der Waals surface area (Å²) in [6.07, 6.45) is 1.92. The molecule has 0 aromatic carbocycles. The van der Waals surface area contributed by atoms with Crippen LogP contribution in [0.5, 0.6) is 0 Å². The van der Waals surface area contributed by atoms with Gasteiger partial charge in [-0.15, -0.1) is 11.8 Å². The highest BCUT2D eigenvalue weighted by molar-refractivity contribution is 8.03. The Morgan fingerprint density at radius 2 is 2.44 bits per heavy atom. The number of carboxylic acid groups (broad SMARTS) is 1. The molecule has 0 fully saturated rings. The van der Waals surface area contributed by atoms with E-state index < -0.39 is 5.97 Å². The zero-order valence-corrected chi connectivity index (χ0v) is 5.89. The van der Waals surface area contributed by atoms with Crippen molar-refractivity contribution in [2.24, 2.45) is 5.92 Å². The topological polar surface area (TPSA) is 37.3 Å². The molecule has 2 unspecified atom stereocenters. The maximum atomic E-state index is 10.4. The molecule has 0 aliphatic carbocycles. The molecule has 0 radical (unpaired) electrons. The van der Waals surface area contributed by atoms with E-state index in [4.69, 9.17) is 5.11 Å². The number of carbonyl (C=O) groups is 1. The average molecular weight is 144 g/mol. The largest absolute Gasteiger partial charge is 0.480 e. The van der Waals surface area contributed by atoms with Crippen LogP contribution in [-0.4, -0.2) is 16.3 Å². The van der Waals surface area contributed by atoms with E-state index in [1.54, 1.807) is 0 Å². The Morgan fingerprint density at radius 1 is 1.78 bits per heavy atom. The normalized spacial score (nSPS) is 33.0. The summed E-state index contributed by atoms with van der Waals surface area (Å²) in [4.78, 5) is 10.4. The molecule has 0 amide bonds. The van der Waals surface area contributed by atoms with Crippen molar-refractivity contribution in [3.63, 3.8) is 0 Å². The predicted octanol–water partition coefficient (Wildman–Crippen LogP) is 1.34. The van der Waals surface area contributed by atoms with Gasteiger partial charge in [0.15, 0.2) is 0 Å². The van der Waals surface area contributed by atoms with Crippen molar-refractivity contribution in [2.75, 3.05) is 0 Å². The number of rotatable bonds is 1. The van der Waals surface area contributed by atoms with Gasteiger partial charge in [0, 0.05) is 0 Å². The van der Waals surface area contributed by atoms with Crippen LogP contribution in [0.3, 0.4) is 0 Å². The highest BCUT2D eigenvalue weighted by Crippen LogP contribution is 2.28. The Labute approximate surface area is 57.9 Å². The van der Waals surface area contributed by atoms with E-state index in [2.05, 4.69) is 0 Å². The first kappa shape index (κ1) is 6.68. The standard InChI is InChI=1S/C6H8O2S/c1-4-2-3-9-5(4)6(7)8/h2-5H,1H3,(H,7,8). The second-order valence-electron chi connectivity index (χ2n) is 2.08. The van der Waals surface area contributed by atoms with Crippen LogP contribution in [0.25, 0.3) is 0 Å². The van der Waals surface area contributed by atoms with Gasteiger partial charge in [-0.05, 0) is 11.3 Å². The molecule has 0 saturated heterocycles. The minimum absolute atomic E-state index is 0.187. The van der Waals surface area contributed by atoms with Gasteiger partial charge >= 0.3 is 5.97 Å². The van der Waals surface area contributed by atoms with Crippen molar-refractivity contribution in [3.8, 4) is 0 Å². The molecule has 0 bridgehead atoms. The lowest BCUT2D eigenvalue weighted by molar-refractivity contribution is -0.136. The minimum Gasteiger partial charge on any atom is -0.480 e. The minimum atomic E-state index is -0.711. The molecular formula is C6H8O2S. The molecule has 0 spiro atoms. The first-order chi connectivity index (χ1) is 4.22. The van der Waals surface area contributed by atoms with Gasteiger partial charge < -0.3 is 5.11 Å². The van der Waals surface area contributed by atoms with E-state index >= 15 is 0 Å². The van der Waals surface area contributed by atoms with E-state index in [0.29, 0.717) is 0 Å². The molecule has 0 aromatic heterocycles. The number of aliphatic carboxylic acids is 1. The summed E-state index contributed by atoms with van der Waals surface area (Å²) >= 11 is 1.38. The molecule has 2 nitrogen and oxygen atoms in total. The molecule has 1 aliphatic rings. The third-order valence-electron chi connectivity index (χ3n) is 1.33. The summed E-state index contributed by atoms with van der Waals surface area (Å²) in [7, 11) is 0. The number of hydrogen-bond donors (Lipinski definition) is 1. The van der Waals surface area contributed by atoms with Crippen LogP contribution in [0.2, 0.25) is 0 Å². The quantitative estimate of drug-likeness (QED) is 0.603. The average Bonchev–Trinajstić information content (AvgIpc) is 2.13. The summed E-state index contributed by atoms with van der Waals surface area (Å²) in [6.45, 7) is 1.91. The maximum absolute atomic E-state index is 10.4. The van der Waals surface area contributed by atoms with Crippen LogP contribution in [0.4, 0.5) is 0 Å². The Morgan fingerprint density at radius 3 is 2.67 bits per heavy atom. The fourth-order valence-corrected chi connectivity index (χ4v) is 1.72. The van der Waals surface area contributed by atoms with Crippen LogP contribution in [-0.2, 0) is 4.79 Å². The summed E-state index contributed by atoms with van der Waals surface area (Å²) in [6, 6.07) is 0. The van der Waals surface area contributed by atoms with Gasteiger partial charge in [-0.2, -0.15) is 0 Å². The zero-order valence-electron chi connectivity index (χ0n) is 5.07. The van der Waals surface area contributed by atoms with Gasteiger partial charge in [0.2, 0.25) is 0 Å². The molecule has 50 valence electrons. The Bertz CT molecular complexity index is 153. The first-order valence-corrected chi connectivity index (χ1v) is 3.71. The van der Waals surface area contributed by atoms with Gasteiger partial charge in [-0.25, -0.2) is 0 Å². The van der Waals surface area contributed by atoms with Crippen molar-refractivity contribution in [1.29, 1.82) is 0 Å². The van der Waals surface area contributed by atoms with Crippen LogP contribution in [0, 0.1) is 5.92 Å². The molecule has 9 heavy (non-hydrogen) atoms. The Balaban J connectivity index is 2.55. The summed E-state index contributed by atoms with van der Waals surface area (Å²) in [5.41, 5.74) is 0. The smallest absolute Gasteiger partial charge is 0.317 e. The van der Waals surface area contributed by atoms with Crippen molar-refractivity contribution in [3.05, 3.63) is 11.5 Å². The fourth-order valence-electron chi connectivity index (χ4n) is 0.762. The van der Waals surface area contributed by atoms with Crippen LogP contribution in [0.1, 0.15) is 6.92 Å². The lowest BCUT2D eigenvalue weighted by Gasteiger charge is -2.06. The molecule has 3 heteroatoms. The van der Waals surface area contributed by atoms with Crippen molar-refractivity contribution in [1.82, 2.24) is 0 Å². The van der Waals surface area contributed by atoms with E-state index in [1.165, 1.54) is 11.8 Å². The molecule has 1 rings (SSSR count). The van der Waals surface area contributed by atoms with Gasteiger partial charge in [-0.3, -0.25) is 4.79 Å². The Kier molecular flexibility index (Phi) is 1.81. The highest BCUT2D eigenvalue weighted by atomic mass is 32.2. The second kappa shape index (κ2) is 2.43. The molecule has 1 N–H and O–H groups in total. The molecule has 0 aromatic rings. The van der Waals surface area contributed by atoms with Crippen molar-refractivity contribution in [2.45, 2.75) is 12.2 Å². The van der Waals surface area contributed by atoms with Crippen molar-refractivity contribution >= 4 is 17.7 Å². The van der Waals surface area contributed by atoms with Gasteiger partial charge in [-0.1, -0.05) is 13.0 Å². The molecule has 1 aliphatic heterocycles. The van der Waals surface area contributed by atoms with Crippen LogP contribution >= 0.6 is 11.8 Å². The first-order valence-electron chi connectivity index (χ1n) is 2.77. The fraction of sp³-hybridized carbons (Fsp3) is 0.500. The van der Waals surface area contributed by atoms with Crippen LogP contribution in [0.15, 0.2) is 11.5 Å². The molecular weight excluding hydrogens is 136 g/mol. The van der Waals surface area contributed by atoms with E-state index in [9.17, 15) is 4.79 Å². The lowest BCUT2D eigenvalue weighted by Crippen LogP contribution is -2.19. The molecule has 1 heterocycles. The van der Waals surface area contributed by atoms with Crippen molar-refractivity contribution < 1.29 is 9.90 Å². The van der Waals surface area contributed by atoms with Gasteiger partial charge in [0.25, 0.3) is 0 Å². The maximum Gasteiger partial charge on any atom is 0.317 e. The third kappa shape index (κ3) is 1.27. The summed E-state index contributed by atoms with van der Waals surface area (Å²) in [5, 5.41) is 10.1. The molecule has 2 atom stereocenters.